The first-order valence-corrected chi connectivity index (χ1v) is 15.7. The van der Waals surface area contributed by atoms with E-state index in [9.17, 15) is 19.2 Å². The van der Waals surface area contributed by atoms with E-state index >= 15 is 0 Å². The number of amides is 6. The predicted molar refractivity (Wildman–Crippen MR) is 179 cm³/mol. The number of urea groups is 2. The second-order valence-electron chi connectivity index (χ2n) is 12.5. The number of rotatable bonds is 6. The van der Waals surface area contributed by atoms with E-state index in [1.807, 2.05) is 35.4 Å². The van der Waals surface area contributed by atoms with E-state index in [4.69, 9.17) is 5.73 Å². The summed E-state index contributed by atoms with van der Waals surface area (Å²) in [7, 11) is 3.52. The van der Waals surface area contributed by atoms with Crippen LogP contribution in [0.25, 0.3) is 16.6 Å². The van der Waals surface area contributed by atoms with Gasteiger partial charge < -0.3 is 25.8 Å². The van der Waals surface area contributed by atoms with E-state index in [1.54, 1.807) is 61.5 Å². The van der Waals surface area contributed by atoms with Crippen LogP contribution < -0.4 is 16.0 Å². The van der Waals surface area contributed by atoms with Crippen LogP contribution in [0.4, 0.5) is 26.8 Å². The Kier molecular flexibility index (Phi) is 8.54. The number of nitrogens with one attached hydrogen (secondary N) is 1. The Morgan fingerprint density at radius 3 is 2.32 bits per heavy atom. The number of imide groups is 1. The second-order valence-corrected chi connectivity index (χ2v) is 12.5. The summed E-state index contributed by atoms with van der Waals surface area (Å²) < 4.78 is 1.84. The zero-order valence-corrected chi connectivity index (χ0v) is 27.0. The number of piperidine rings is 1. The van der Waals surface area contributed by atoms with Crippen LogP contribution in [0.15, 0.2) is 67.0 Å². The summed E-state index contributed by atoms with van der Waals surface area (Å²) in [6, 6.07) is 17.4. The molecular formula is C34H39N9O4. The number of aromatic nitrogens is 3. The normalized spacial score (nSPS) is 17.5. The van der Waals surface area contributed by atoms with Crippen LogP contribution in [0.1, 0.15) is 38.3 Å². The summed E-state index contributed by atoms with van der Waals surface area (Å²) in [5.74, 6) is -1.61. The van der Waals surface area contributed by atoms with Crippen LogP contribution in [0.5, 0.6) is 0 Å². The summed E-state index contributed by atoms with van der Waals surface area (Å²) in [6.07, 6.45) is 3.03. The number of nitrogens with two attached hydrogens (primary N) is 1. The monoisotopic (exact) mass is 637 g/mol. The molecule has 0 saturated carbocycles. The van der Waals surface area contributed by atoms with Gasteiger partial charge in [0.1, 0.15) is 17.8 Å². The standard InChI is InChI=1S/C34H39N9O4/c1-21(2)41-19-27(32(45)42(34(41)47)25-8-6-5-7-9-25)31(44)38-24-12-10-22(11-13-24)26-18-28(43-29(26)30(35)36-20-37-43)23-14-16-40(17-15-23)33(46)39(3)4/h5-13,18,20-21,23,27H,14-17,19H2,1-4H3,(H,38,44)(H2,35,36,37). The molecule has 0 radical (unpaired) electrons. The highest BCUT2D eigenvalue weighted by Gasteiger charge is 2.44. The van der Waals surface area contributed by atoms with Crippen molar-refractivity contribution in [3.8, 4) is 11.1 Å². The Bertz CT molecular complexity index is 1810. The second kappa shape index (κ2) is 12.7. The number of nitrogen functional groups attached to an aromatic ring is 1. The Morgan fingerprint density at radius 2 is 1.68 bits per heavy atom. The number of para-hydroxylation sites is 1. The van der Waals surface area contributed by atoms with Gasteiger partial charge in [-0.1, -0.05) is 30.3 Å². The van der Waals surface area contributed by atoms with Gasteiger partial charge in [-0.05, 0) is 62.6 Å². The van der Waals surface area contributed by atoms with Crippen LogP contribution in [0, 0.1) is 5.92 Å². The van der Waals surface area contributed by atoms with Crippen molar-refractivity contribution in [1.82, 2.24) is 29.3 Å². The molecule has 2 aliphatic heterocycles. The number of hydrogen-bond acceptors (Lipinski definition) is 7. The van der Waals surface area contributed by atoms with Gasteiger partial charge >= 0.3 is 12.1 Å². The molecule has 47 heavy (non-hydrogen) atoms. The fraction of sp³-hybridized carbons (Fsp3) is 0.353. The molecule has 6 rings (SSSR count). The molecular weight excluding hydrogens is 598 g/mol. The summed E-state index contributed by atoms with van der Waals surface area (Å²) >= 11 is 0. The molecule has 0 spiro atoms. The molecule has 1 unspecified atom stereocenters. The Labute approximate surface area is 272 Å². The van der Waals surface area contributed by atoms with Gasteiger partial charge in [0, 0.05) is 62.6 Å². The number of fused-ring (bicyclic) bond motifs is 1. The SMILES string of the molecule is CC(C)N1CC(C(=O)Nc2ccc(-c3cc(C4CCN(C(=O)N(C)C)CC4)n4ncnc(N)c34)cc2)C(=O)N(c2ccccc2)C1=O. The predicted octanol–water partition coefficient (Wildman–Crippen LogP) is 4.27. The maximum absolute atomic E-state index is 13.5. The molecule has 13 nitrogen and oxygen atoms in total. The van der Waals surface area contributed by atoms with Gasteiger partial charge in [-0.25, -0.2) is 24.0 Å². The molecule has 4 heterocycles. The van der Waals surface area contributed by atoms with Crippen molar-refractivity contribution in [1.29, 1.82) is 0 Å². The van der Waals surface area contributed by atoms with E-state index in [2.05, 4.69) is 21.5 Å². The zero-order chi connectivity index (χ0) is 33.4. The number of benzene rings is 2. The van der Waals surface area contributed by atoms with Crippen LogP contribution in [0.2, 0.25) is 0 Å². The first-order chi connectivity index (χ1) is 22.5. The van der Waals surface area contributed by atoms with Gasteiger partial charge in [0.15, 0.2) is 5.82 Å². The molecule has 2 aromatic carbocycles. The smallest absolute Gasteiger partial charge is 0.331 e. The maximum atomic E-state index is 13.5. The third kappa shape index (κ3) is 5.96. The molecule has 0 bridgehead atoms. The lowest BCUT2D eigenvalue weighted by atomic mass is 9.93. The molecule has 13 heteroatoms. The highest BCUT2D eigenvalue weighted by Crippen LogP contribution is 2.37. The lowest BCUT2D eigenvalue weighted by Crippen LogP contribution is -2.61. The molecule has 2 fully saturated rings. The third-order valence-electron chi connectivity index (χ3n) is 8.93. The molecule has 1 atom stereocenters. The van der Waals surface area contributed by atoms with Crippen molar-refractivity contribution in [2.45, 2.75) is 38.6 Å². The van der Waals surface area contributed by atoms with Crippen molar-refractivity contribution < 1.29 is 19.2 Å². The quantitative estimate of drug-likeness (QED) is 0.300. The summed E-state index contributed by atoms with van der Waals surface area (Å²) in [5.41, 5.74) is 10.7. The number of carbonyl (C=O) groups is 4. The molecule has 2 aromatic heterocycles. The Balaban J connectivity index is 1.22. The average Bonchev–Trinajstić information content (AvgIpc) is 3.46. The lowest BCUT2D eigenvalue weighted by Gasteiger charge is -2.39. The van der Waals surface area contributed by atoms with Crippen LogP contribution in [-0.4, -0.2) is 92.9 Å². The molecule has 2 saturated heterocycles. The zero-order valence-electron chi connectivity index (χ0n) is 27.0. The fourth-order valence-corrected chi connectivity index (χ4v) is 6.39. The first-order valence-electron chi connectivity index (χ1n) is 15.7. The summed E-state index contributed by atoms with van der Waals surface area (Å²) in [4.78, 5) is 63.1. The molecule has 4 aromatic rings. The minimum Gasteiger partial charge on any atom is -0.382 e. The lowest BCUT2D eigenvalue weighted by molar-refractivity contribution is -0.132. The highest BCUT2D eigenvalue weighted by molar-refractivity contribution is 6.23. The third-order valence-corrected chi connectivity index (χ3v) is 8.93. The van der Waals surface area contributed by atoms with Crippen molar-refractivity contribution in [2.24, 2.45) is 5.92 Å². The number of hydrogen-bond donors (Lipinski definition) is 2. The highest BCUT2D eigenvalue weighted by atomic mass is 16.2. The number of nitrogens with zero attached hydrogens (tertiary/aromatic N) is 7. The van der Waals surface area contributed by atoms with Gasteiger partial charge in [-0.2, -0.15) is 5.10 Å². The fourth-order valence-electron chi connectivity index (χ4n) is 6.39. The van der Waals surface area contributed by atoms with Gasteiger partial charge in [-0.3, -0.25) is 9.59 Å². The van der Waals surface area contributed by atoms with Crippen molar-refractivity contribution >= 4 is 46.6 Å². The Hall–Kier alpha value is -5.46. The van der Waals surface area contributed by atoms with E-state index < -0.39 is 23.8 Å². The van der Waals surface area contributed by atoms with E-state index in [-0.39, 0.29) is 24.5 Å². The van der Waals surface area contributed by atoms with E-state index in [0.717, 1.165) is 34.6 Å². The minimum atomic E-state index is -1.08. The summed E-state index contributed by atoms with van der Waals surface area (Å²) in [6.45, 7) is 5.00. The number of carbonyl (C=O) groups excluding carboxylic acids is 4. The van der Waals surface area contributed by atoms with Crippen LogP contribution in [-0.2, 0) is 9.59 Å². The van der Waals surface area contributed by atoms with E-state index in [1.165, 1.54) is 11.2 Å². The van der Waals surface area contributed by atoms with Crippen molar-refractivity contribution in [3.63, 3.8) is 0 Å². The maximum Gasteiger partial charge on any atom is 0.331 e. The van der Waals surface area contributed by atoms with Crippen LogP contribution >= 0.6 is 0 Å². The molecule has 0 aliphatic carbocycles. The molecule has 244 valence electrons. The minimum absolute atomic E-state index is 0.00927. The Morgan fingerprint density at radius 1 is 1.00 bits per heavy atom. The van der Waals surface area contributed by atoms with Gasteiger partial charge in [0.2, 0.25) is 11.8 Å². The molecule has 2 aliphatic rings. The largest absolute Gasteiger partial charge is 0.382 e. The van der Waals surface area contributed by atoms with Gasteiger partial charge in [0.25, 0.3) is 0 Å². The summed E-state index contributed by atoms with van der Waals surface area (Å²) in [5, 5.41) is 7.41. The van der Waals surface area contributed by atoms with E-state index in [0.29, 0.717) is 35.8 Å². The molecule has 6 amide bonds. The first kappa shape index (κ1) is 31.5. The van der Waals surface area contributed by atoms with Gasteiger partial charge in [-0.15, -0.1) is 0 Å². The molecule has 3 N–H and O–H groups in total. The van der Waals surface area contributed by atoms with Crippen molar-refractivity contribution in [3.05, 3.63) is 72.7 Å². The topological polar surface area (TPSA) is 149 Å². The van der Waals surface area contributed by atoms with Gasteiger partial charge in [0.05, 0.1) is 5.69 Å². The number of likely N-dealkylation sites (tertiary alicyclic amines) is 1. The van der Waals surface area contributed by atoms with Crippen LogP contribution in [0.3, 0.4) is 0 Å². The average molecular weight is 638 g/mol. The number of anilines is 3. The van der Waals surface area contributed by atoms with Crippen molar-refractivity contribution in [2.75, 3.05) is 49.7 Å².